The number of halogens is 1. The molecule has 2 aromatic rings. The summed E-state index contributed by atoms with van der Waals surface area (Å²) in [6.45, 7) is 2.14. The molecule has 0 fully saturated rings. The van der Waals surface area contributed by atoms with E-state index < -0.39 is 0 Å². The van der Waals surface area contributed by atoms with Gasteiger partial charge in [-0.15, -0.1) is 0 Å². The summed E-state index contributed by atoms with van der Waals surface area (Å²) in [4.78, 5) is 0. The zero-order valence-corrected chi connectivity index (χ0v) is 11.5. The highest BCUT2D eigenvalue weighted by atomic mass is 127. The predicted molar refractivity (Wildman–Crippen MR) is 74.4 cm³/mol. The number of hydrogen-bond acceptors (Lipinski definition) is 2. The van der Waals surface area contributed by atoms with E-state index in [1.807, 2.05) is 36.1 Å². The summed E-state index contributed by atoms with van der Waals surface area (Å²) in [7, 11) is 1.96. The minimum atomic E-state index is 0.253. The average Bonchev–Trinajstić information content (AvgIpc) is 2.68. The van der Waals surface area contributed by atoms with Crippen molar-refractivity contribution in [3.63, 3.8) is 0 Å². The van der Waals surface area contributed by atoms with Crippen molar-refractivity contribution in [3.8, 4) is 0 Å². The molecule has 0 aliphatic heterocycles. The van der Waals surface area contributed by atoms with Crippen LogP contribution in [-0.4, -0.2) is 9.78 Å². The van der Waals surface area contributed by atoms with Crippen LogP contribution in [0, 0.1) is 3.57 Å². The third-order valence-electron chi connectivity index (χ3n) is 2.55. The van der Waals surface area contributed by atoms with Crippen molar-refractivity contribution in [1.82, 2.24) is 9.78 Å². The maximum Gasteiger partial charge on any atom is 0.0654 e. The third-order valence-corrected chi connectivity index (χ3v) is 3.49. The van der Waals surface area contributed by atoms with Gasteiger partial charge < -0.3 is 5.32 Å². The summed E-state index contributed by atoms with van der Waals surface area (Å²) in [6.07, 6.45) is 1.82. The molecule has 84 valence electrons. The lowest BCUT2D eigenvalue weighted by Gasteiger charge is -2.16. The van der Waals surface area contributed by atoms with E-state index in [4.69, 9.17) is 0 Å². The smallest absolute Gasteiger partial charge is 0.0654 e. The van der Waals surface area contributed by atoms with E-state index in [1.54, 1.807) is 0 Å². The van der Waals surface area contributed by atoms with E-state index in [0.717, 1.165) is 5.69 Å². The first-order chi connectivity index (χ1) is 7.68. The number of aryl methyl sites for hydroxylation is 1. The third kappa shape index (κ3) is 2.37. The van der Waals surface area contributed by atoms with Crippen LogP contribution in [-0.2, 0) is 7.05 Å². The molecular formula is C12H14IN3. The average molecular weight is 327 g/mol. The molecule has 0 spiro atoms. The Morgan fingerprint density at radius 2 is 2.06 bits per heavy atom. The fraction of sp³-hybridized carbons (Fsp3) is 0.250. The summed E-state index contributed by atoms with van der Waals surface area (Å²) in [6, 6.07) is 10.6. The van der Waals surface area contributed by atoms with Crippen LogP contribution >= 0.6 is 22.6 Å². The van der Waals surface area contributed by atoms with Gasteiger partial charge in [-0.05, 0) is 47.7 Å². The van der Waals surface area contributed by atoms with E-state index in [0.29, 0.717) is 0 Å². The summed E-state index contributed by atoms with van der Waals surface area (Å²) in [5.74, 6) is 0. The Bertz CT molecular complexity index is 479. The Morgan fingerprint density at radius 3 is 2.69 bits per heavy atom. The topological polar surface area (TPSA) is 29.9 Å². The molecule has 1 N–H and O–H groups in total. The normalized spacial score (nSPS) is 12.4. The van der Waals surface area contributed by atoms with Gasteiger partial charge in [0, 0.05) is 22.5 Å². The standard InChI is InChI=1S/C12H14IN3/c1-9(12-7-8-14-16(12)2)15-11-6-4-3-5-10(11)13/h3-9,15H,1-2H3. The van der Waals surface area contributed by atoms with Crippen molar-refractivity contribution in [2.45, 2.75) is 13.0 Å². The molecule has 0 saturated heterocycles. The van der Waals surface area contributed by atoms with Crippen molar-refractivity contribution in [3.05, 3.63) is 45.8 Å². The summed E-state index contributed by atoms with van der Waals surface area (Å²) >= 11 is 2.34. The Hall–Kier alpha value is -1.04. The number of hydrogen-bond donors (Lipinski definition) is 1. The quantitative estimate of drug-likeness (QED) is 0.878. The number of anilines is 1. The molecule has 0 bridgehead atoms. The second kappa shape index (κ2) is 4.86. The monoisotopic (exact) mass is 327 g/mol. The molecule has 1 heterocycles. The molecule has 1 aromatic carbocycles. The highest BCUT2D eigenvalue weighted by Gasteiger charge is 2.09. The largest absolute Gasteiger partial charge is 0.376 e. The molecule has 16 heavy (non-hydrogen) atoms. The highest BCUT2D eigenvalue weighted by molar-refractivity contribution is 14.1. The van der Waals surface area contributed by atoms with E-state index in [-0.39, 0.29) is 6.04 Å². The molecule has 0 aliphatic carbocycles. The van der Waals surface area contributed by atoms with Crippen LogP contribution in [0.25, 0.3) is 0 Å². The Morgan fingerprint density at radius 1 is 1.31 bits per heavy atom. The van der Waals surface area contributed by atoms with Gasteiger partial charge in [-0.1, -0.05) is 12.1 Å². The van der Waals surface area contributed by atoms with Crippen LogP contribution in [0.5, 0.6) is 0 Å². The van der Waals surface area contributed by atoms with E-state index >= 15 is 0 Å². The molecule has 1 aromatic heterocycles. The van der Waals surface area contributed by atoms with Gasteiger partial charge in [0.2, 0.25) is 0 Å². The second-order valence-electron chi connectivity index (χ2n) is 3.73. The number of nitrogens with zero attached hydrogens (tertiary/aromatic N) is 2. The lowest BCUT2D eigenvalue weighted by Crippen LogP contribution is -2.11. The molecule has 0 amide bonds. The minimum Gasteiger partial charge on any atom is -0.376 e. The molecule has 1 unspecified atom stereocenters. The van der Waals surface area contributed by atoms with E-state index in [9.17, 15) is 0 Å². The number of rotatable bonds is 3. The fourth-order valence-electron chi connectivity index (χ4n) is 1.69. The second-order valence-corrected chi connectivity index (χ2v) is 4.89. The van der Waals surface area contributed by atoms with Gasteiger partial charge in [0.1, 0.15) is 0 Å². The van der Waals surface area contributed by atoms with E-state index in [2.05, 4.69) is 52.1 Å². The van der Waals surface area contributed by atoms with Gasteiger partial charge >= 0.3 is 0 Å². The summed E-state index contributed by atoms with van der Waals surface area (Å²) in [5.41, 5.74) is 2.34. The Balaban J connectivity index is 2.17. The SMILES string of the molecule is CC(Nc1ccccc1I)c1ccnn1C. The molecule has 4 heteroatoms. The zero-order chi connectivity index (χ0) is 11.5. The van der Waals surface area contributed by atoms with Crippen molar-refractivity contribution in [2.24, 2.45) is 7.05 Å². The maximum atomic E-state index is 4.18. The summed E-state index contributed by atoms with van der Waals surface area (Å²) < 4.78 is 3.13. The van der Waals surface area contributed by atoms with Crippen LogP contribution in [0.4, 0.5) is 5.69 Å². The first-order valence-electron chi connectivity index (χ1n) is 5.17. The predicted octanol–water partition coefficient (Wildman–Crippen LogP) is 3.20. The Kier molecular flexibility index (Phi) is 3.48. The summed E-state index contributed by atoms with van der Waals surface area (Å²) in [5, 5.41) is 7.66. The first-order valence-corrected chi connectivity index (χ1v) is 6.25. The van der Waals surface area contributed by atoms with Crippen molar-refractivity contribution >= 4 is 28.3 Å². The number of benzene rings is 1. The molecule has 1 atom stereocenters. The van der Waals surface area contributed by atoms with Crippen molar-refractivity contribution in [2.75, 3.05) is 5.32 Å². The first kappa shape index (κ1) is 11.4. The fourth-order valence-corrected chi connectivity index (χ4v) is 2.24. The lowest BCUT2D eigenvalue weighted by molar-refractivity contribution is 0.675. The molecule has 0 aliphatic rings. The van der Waals surface area contributed by atoms with Gasteiger partial charge in [0.05, 0.1) is 11.7 Å². The maximum absolute atomic E-state index is 4.18. The van der Waals surface area contributed by atoms with Crippen molar-refractivity contribution < 1.29 is 0 Å². The van der Waals surface area contributed by atoms with Crippen LogP contribution in [0.2, 0.25) is 0 Å². The van der Waals surface area contributed by atoms with Gasteiger partial charge in [0.15, 0.2) is 0 Å². The number of para-hydroxylation sites is 1. The minimum absolute atomic E-state index is 0.253. The molecule has 2 rings (SSSR count). The lowest BCUT2D eigenvalue weighted by atomic mass is 10.2. The van der Waals surface area contributed by atoms with Gasteiger partial charge in [0.25, 0.3) is 0 Å². The van der Waals surface area contributed by atoms with Crippen molar-refractivity contribution in [1.29, 1.82) is 0 Å². The van der Waals surface area contributed by atoms with E-state index in [1.165, 1.54) is 9.26 Å². The van der Waals surface area contributed by atoms with Crippen LogP contribution in [0.3, 0.4) is 0 Å². The van der Waals surface area contributed by atoms with Crippen LogP contribution in [0.15, 0.2) is 36.5 Å². The molecule has 0 saturated carbocycles. The van der Waals surface area contributed by atoms with Crippen LogP contribution in [0.1, 0.15) is 18.7 Å². The highest BCUT2D eigenvalue weighted by Crippen LogP contribution is 2.22. The molecular weight excluding hydrogens is 313 g/mol. The van der Waals surface area contributed by atoms with Gasteiger partial charge in [-0.2, -0.15) is 5.10 Å². The molecule has 0 radical (unpaired) electrons. The number of nitrogens with one attached hydrogen (secondary N) is 1. The molecule has 3 nitrogen and oxygen atoms in total. The number of aromatic nitrogens is 2. The zero-order valence-electron chi connectivity index (χ0n) is 9.31. The van der Waals surface area contributed by atoms with Crippen LogP contribution < -0.4 is 5.32 Å². The Labute approximate surface area is 109 Å². The van der Waals surface area contributed by atoms with Gasteiger partial charge in [-0.25, -0.2) is 0 Å². The van der Waals surface area contributed by atoms with Gasteiger partial charge in [-0.3, -0.25) is 4.68 Å².